The van der Waals surface area contributed by atoms with Crippen LogP contribution in [0.25, 0.3) is 0 Å². The molecule has 3 fully saturated rings. The van der Waals surface area contributed by atoms with Gasteiger partial charge in [0, 0.05) is 110 Å². The van der Waals surface area contributed by atoms with E-state index in [1.54, 1.807) is 83.1 Å². The highest BCUT2D eigenvalue weighted by Crippen LogP contribution is 2.26. The minimum atomic E-state index is -1.48. The van der Waals surface area contributed by atoms with Gasteiger partial charge in [-0.2, -0.15) is 0 Å². The van der Waals surface area contributed by atoms with Gasteiger partial charge in [0.15, 0.2) is 0 Å². The van der Waals surface area contributed by atoms with Crippen LogP contribution in [0.4, 0.5) is 19.2 Å². The lowest BCUT2D eigenvalue weighted by Crippen LogP contribution is -2.68. The van der Waals surface area contributed by atoms with Crippen LogP contribution in [0.2, 0.25) is 0 Å². The second-order valence-electron chi connectivity index (χ2n) is 28.8. The Bertz CT molecular complexity index is 2220. The average Bonchev–Trinajstić information content (AvgIpc) is 0.805. The predicted octanol–water partition coefficient (Wildman–Crippen LogP) is 3.87. The number of carbonyl (C=O) groups is 8. The van der Waals surface area contributed by atoms with Crippen molar-refractivity contribution in [3.05, 3.63) is 0 Å². The molecule has 3 heterocycles. The van der Waals surface area contributed by atoms with Gasteiger partial charge in [-0.15, -0.1) is 0 Å². The van der Waals surface area contributed by atoms with E-state index in [0.717, 1.165) is 0 Å². The van der Waals surface area contributed by atoms with E-state index in [9.17, 15) is 38.4 Å². The Morgan fingerprint density at radius 2 is 0.690 bits per heavy atom. The van der Waals surface area contributed by atoms with E-state index < -0.39 is 63.6 Å². The monoisotopic (exact) mass is 1440 g/mol. The molecule has 3 rings (SSSR count). The van der Waals surface area contributed by atoms with Gasteiger partial charge in [0.25, 0.3) is 0 Å². The minimum absolute atomic E-state index is 0.00562. The molecular weight excluding hydrogens is 1310 g/mol. The molecule has 32 nitrogen and oxygen atoms in total. The van der Waals surface area contributed by atoms with E-state index in [4.69, 9.17) is 61.6 Å². The third-order valence-electron chi connectivity index (χ3n) is 14.5. The Labute approximate surface area is 594 Å². The van der Waals surface area contributed by atoms with Crippen molar-refractivity contribution in [2.45, 2.75) is 150 Å². The molecule has 3 aliphatic heterocycles. The molecule has 0 aromatic rings. The van der Waals surface area contributed by atoms with Crippen LogP contribution in [0, 0.1) is 5.41 Å². The van der Waals surface area contributed by atoms with Crippen molar-refractivity contribution in [3.63, 3.8) is 0 Å². The average molecular weight is 1440 g/mol. The number of hydrogen-bond acceptors (Lipinski definition) is 26. The molecule has 0 unspecified atom stereocenters. The van der Waals surface area contributed by atoms with Crippen molar-refractivity contribution in [2.24, 2.45) is 5.41 Å². The smallest absolute Gasteiger partial charge is 0.410 e. The van der Waals surface area contributed by atoms with Crippen molar-refractivity contribution < 1.29 is 109 Å². The van der Waals surface area contributed by atoms with Crippen LogP contribution in [-0.2, 0) is 90.2 Å². The molecule has 4 N–H and O–H groups in total. The number of carbonyl (C=O) groups excluding carboxylic acids is 8. The van der Waals surface area contributed by atoms with E-state index in [1.807, 2.05) is 6.92 Å². The third-order valence-corrected chi connectivity index (χ3v) is 14.5. The Kier molecular flexibility index (Phi) is 44.6. The molecule has 6 amide bonds. The number of hydrogen-bond donors (Lipinski definition) is 4. The fraction of sp³-hybridized carbons (Fsp3) is 0.882. The Hall–Kier alpha value is -5.52. The maximum absolute atomic E-state index is 14.5. The standard InChI is InChI=1S/C68H127N9O23/c1-63(2,3)97-59(82)74-24-26-76(61(84)99-65(7,8)9)53-68(50-70-22-21-69-49-67(13,51-74)52-75(60(83)98-64(4,5)6)25-27-77(54-68)62(85)100-66(10,11)12)72-56(79)18-16-17-55(78)71-23-33-90-39-45-96-48-42-93-36-30-73(28-34-91-40-46-94-43-37-88-31-19-57(80)86-14)29-35-92-41-47-95-44-38-89-32-20-58(81)87-15/h69-70H,16-54H2,1-15H3,(H,71,78)(H,72,79). The highest BCUT2D eigenvalue weighted by molar-refractivity contribution is 5.80. The maximum atomic E-state index is 14.5. The van der Waals surface area contributed by atoms with Crippen LogP contribution in [0.1, 0.15) is 122 Å². The third kappa shape index (κ3) is 46.2. The Morgan fingerprint density at radius 3 is 1.03 bits per heavy atom. The van der Waals surface area contributed by atoms with E-state index in [1.165, 1.54) is 33.8 Å². The summed E-state index contributed by atoms with van der Waals surface area (Å²) in [5.41, 5.74) is -6.01. The van der Waals surface area contributed by atoms with E-state index in [-0.39, 0.29) is 142 Å². The van der Waals surface area contributed by atoms with Crippen molar-refractivity contribution in [2.75, 3.05) is 238 Å². The second kappa shape index (κ2) is 49.2. The molecule has 0 atom stereocenters. The van der Waals surface area contributed by atoms with Crippen LogP contribution < -0.4 is 21.3 Å². The summed E-state index contributed by atoms with van der Waals surface area (Å²) in [5, 5.41) is 13.0. The van der Waals surface area contributed by atoms with Gasteiger partial charge < -0.3 is 112 Å². The summed E-state index contributed by atoms with van der Waals surface area (Å²) in [5.74, 6) is -1.42. The van der Waals surface area contributed by atoms with Gasteiger partial charge in [0.1, 0.15) is 22.4 Å². The first-order valence-electron chi connectivity index (χ1n) is 35.1. The Balaban J connectivity index is 2.07. The van der Waals surface area contributed by atoms with Crippen LogP contribution in [0.15, 0.2) is 0 Å². The summed E-state index contributed by atoms with van der Waals surface area (Å²) >= 11 is 0. The van der Waals surface area contributed by atoms with Crippen molar-refractivity contribution >= 4 is 48.1 Å². The lowest BCUT2D eigenvalue weighted by molar-refractivity contribution is -0.142. The highest BCUT2D eigenvalue weighted by atomic mass is 16.6. The van der Waals surface area contributed by atoms with Crippen molar-refractivity contribution in [1.82, 2.24) is 45.8 Å². The largest absolute Gasteiger partial charge is 0.469 e. The zero-order chi connectivity index (χ0) is 74.5. The topological polar surface area (TPSA) is 339 Å². The summed E-state index contributed by atoms with van der Waals surface area (Å²) in [6, 6.07) is 0. The molecule has 3 saturated heterocycles. The fourth-order valence-corrected chi connectivity index (χ4v) is 9.90. The summed E-state index contributed by atoms with van der Waals surface area (Å²) in [4.78, 5) is 116. The zero-order valence-corrected chi connectivity index (χ0v) is 63.2. The molecule has 582 valence electrons. The molecule has 100 heavy (non-hydrogen) atoms. The maximum Gasteiger partial charge on any atom is 0.410 e. The normalized spacial score (nSPS) is 17.8. The summed E-state index contributed by atoms with van der Waals surface area (Å²) in [7, 11) is 2.67. The highest BCUT2D eigenvalue weighted by Gasteiger charge is 2.43. The number of fused-ring (bicyclic) bond motifs is 15. The predicted molar refractivity (Wildman–Crippen MR) is 370 cm³/mol. The molecule has 3 aliphatic rings. The molecule has 2 bridgehead atoms. The van der Waals surface area contributed by atoms with Gasteiger partial charge in [-0.25, -0.2) is 19.2 Å². The molecule has 0 aromatic heterocycles. The SMILES string of the molecule is COC(=O)CCOCCOCCOCCN(CCOCCOCCOCCNC(=O)CCCC(=O)NC12CNCCNCC(C)(CN(C(=O)OC(C)(C)C)CCN(C(=O)OC(C)(C)C)C1)CN(C(=O)OC(C)(C)C)CCN(C(=O)OC(C)(C)C)C2)CCOCCOCCOCCC(=O)OC. The fourth-order valence-electron chi connectivity index (χ4n) is 9.90. The number of nitrogens with zero attached hydrogens (tertiary/aromatic N) is 5. The minimum Gasteiger partial charge on any atom is -0.469 e. The van der Waals surface area contributed by atoms with Crippen LogP contribution in [-0.4, -0.2) is 338 Å². The molecule has 0 aromatic carbocycles. The zero-order valence-electron chi connectivity index (χ0n) is 63.2. The first-order valence-corrected chi connectivity index (χ1v) is 35.1. The first-order chi connectivity index (χ1) is 47.1. The van der Waals surface area contributed by atoms with Gasteiger partial charge in [-0.05, 0) is 89.5 Å². The molecule has 0 spiro atoms. The van der Waals surface area contributed by atoms with Crippen LogP contribution in [0.5, 0.6) is 0 Å². The molecule has 32 heteroatoms. The Morgan fingerprint density at radius 1 is 0.390 bits per heavy atom. The molecule has 0 radical (unpaired) electrons. The van der Waals surface area contributed by atoms with E-state index in [2.05, 4.69) is 35.6 Å². The van der Waals surface area contributed by atoms with Crippen LogP contribution >= 0.6 is 0 Å². The number of esters is 2. The van der Waals surface area contributed by atoms with E-state index in [0.29, 0.717) is 132 Å². The lowest BCUT2D eigenvalue weighted by atomic mass is 9.88. The van der Waals surface area contributed by atoms with E-state index >= 15 is 0 Å². The van der Waals surface area contributed by atoms with Gasteiger partial charge in [0.05, 0.1) is 165 Å². The second-order valence-corrected chi connectivity index (χ2v) is 28.8. The first kappa shape index (κ1) is 90.6. The van der Waals surface area contributed by atoms with Crippen LogP contribution in [0.3, 0.4) is 0 Å². The molecule has 0 saturated carbocycles. The molecular formula is C68H127N9O23. The number of amides is 6. The van der Waals surface area contributed by atoms with Gasteiger partial charge >= 0.3 is 36.3 Å². The summed E-state index contributed by atoms with van der Waals surface area (Å²) in [6.07, 6.45) is -2.30. The number of ether oxygens (including phenoxy) is 15. The quantitative estimate of drug-likeness (QED) is 0.0383. The van der Waals surface area contributed by atoms with Gasteiger partial charge in [-0.1, -0.05) is 6.92 Å². The lowest BCUT2D eigenvalue weighted by Gasteiger charge is -2.45. The number of nitrogens with one attached hydrogen (secondary N) is 4. The number of rotatable bonds is 41. The van der Waals surface area contributed by atoms with Gasteiger partial charge in [0.2, 0.25) is 11.8 Å². The summed E-state index contributed by atoms with van der Waals surface area (Å²) in [6.45, 7) is 32.1. The summed E-state index contributed by atoms with van der Waals surface area (Å²) < 4.78 is 83.9. The van der Waals surface area contributed by atoms with Crippen molar-refractivity contribution in [1.29, 1.82) is 0 Å². The molecule has 0 aliphatic carbocycles. The number of methoxy groups -OCH3 is 2. The van der Waals surface area contributed by atoms with Crippen molar-refractivity contribution in [3.8, 4) is 0 Å². The van der Waals surface area contributed by atoms with Gasteiger partial charge in [-0.3, -0.25) is 24.1 Å².